The Labute approximate surface area is 99.2 Å². The van der Waals surface area contributed by atoms with Crippen molar-refractivity contribution in [3.8, 4) is 0 Å². The van der Waals surface area contributed by atoms with Crippen LogP contribution in [0.3, 0.4) is 0 Å². The van der Waals surface area contributed by atoms with Gasteiger partial charge in [-0.25, -0.2) is 9.37 Å². The molecule has 3 heteroatoms. The third-order valence-corrected chi connectivity index (χ3v) is 3.15. The smallest absolute Gasteiger partial charge is 0.123 e. The Bertz CT molecular complexity index is 556. The molecule has 2 aromatic rings. The SMILES string of the molecule is Fc1ccc2c(c1)CCC/C2=C/c1c[nH]cn1. The Morgan fingerprint density at radius 1 is 1.29 bits per heavy atom. The van der Waals surface area contributed by atoms with Gasteiger partial charge >= 0.3 is 0 Å². The minimum absolute atomic E-state index is 0.148. The van der Waals surface area contributed by atoms with Gasteiger partial charge in [0.05, 0.1) is 12.0 Å². The van der Waals surface area contributed by atoms with Gasteiger partial charge in [0.25, 0.3) is 0 Å². The standard InChI is InChI=1S/C14H13FN2/c15-12-4-5-14-10(6-12)2-1-3-11(14)7-13-8-16-9-17-13/h4-9H,1-3H2,(H,16,17)/b11-7-. The summed E-state index contributed by atoms with van der Waals surface area (Å²) in [5.74, 6) is -0.148. The van der Waals surface area contributed by atoms with Crippen LogP contribution < -0.4 is 0 Å². The molecule has 2 nitrogen and oxygen atoms in total. The number of aromatic nitrogens is 2. The molecule has 0 saturated carbocycles. The van der Waals surface area contributed by atoms with E-state index < -0.39 is 0 Å². The number of rotatable bonds is 1. The fraction of sp³-hybridized carbons (Fsp3) is 0.214. The second-order valence-corrected chi connectivity index (χ2v) is 4.32. The van der Waals surface area contributed by atoms with Crippen molar-refractivity contribution in [3.05, 3.63) is 53.4 Å². The number of hydrogen-bond donors (Lipinski definition) is 1. The lowest BCUT2D eigenvalue weighted by Gasteiger charge is -2.18. The lowest BCUT2D eigenvalue weighted by Crippen LogP contribution is -2.02. The maximum absolute atomic E-state index is 13.2. The molecule has 3 rings (SSSR count). The average molecular weight is 228 g/mol. The summed E-state index contributed by atoms with van der Waals surface area (Å²) in [7, 11) is 0. The molecule has 1 aromatic heterocycles. The second-order valence-electron chi connectivity index (χ2n) is 4.32. The zero-order chi connectivity index (χ0) is 11.7. The molecule has 1 heterocycles. The zero-order valence-electron chi connectivity index (χ0n) is 9.41. The van der Waals surface area contributed by atoms with Crippen LogP contribution in [0.25, 0.3) is 11.6 Å². The first-order valence-corrected chi connectivity index (χ1v) is 5.81. The first-order chi connectivity index (χ1) is 8.33. The van der Waals surface area contributed by atoms with Gasteiger partial charge in [0.2, 0.25) is 0 Å². The molecular weight excluding hydrogens is 215 g/mol. The lowest BCUT2D eigenvalue weighted by molar-refractivity contribution is 0.623. The first-order valence-electron chi connectivity index (χ1n) is 5.81. The van der Waals surface area contributed by atoms with E-state index in [2.05, 4.69) is 16.0 Å². The quantitative estimate of drug-likeness (QED) is 0.796. The Morgan fingerprint density at radius 2 is 2.24 bits per heavy atom. The van der Waals surface area contributed by atoms with Crippen LogP contribution in [0.15, 0.2) is 30.7 Å². The van der Waals surface area contributed by atoms with Gasteiger partial charge in [-0.15, -0.1) is 0 Å². The Hall–Kier alpha value is -1.90. The normalized spacial score (nSPS) is 17.1. The molecule has 0 unspecified atom stereocenters. The molecule has 0 aliphatic heterocycles. The van der Waals surface area contributed by atoms with Crippen LogP contribution in [0.4, 0.5) is 4.39 Å². The fourth-order valence-corrected chi connectivity index (χ4v) is 2.37. The third-order valence-electron chi connectivity index (χ3n) is 3.15. The molecule has 0 saturated heterocycles. The van der Waals surface area contributed by atoms with Crippen molar-refractivity contribution in [2.45, 2.75) is 19.3 Å². The third kappa shape index (κ3) is 2.00. The van der Waals surface area contributed by atoms with Crippen molar-refractivity contribution in [2.75, 3.05) is 0 Å². The van der Waals surface area contributed by atoms with E-state index in [0.717, 1.165) is 30.5 Å². The number of hydrogen-bond acceptors (Lipinski definition) is 1. The molecule has 1 aliphatic rings. The molecule has 0 spiro atoms. The first kappa shape index (κ1) is 10.3. The Kier molecular flexibility index (Phi) is 2.52. The van der Waals surface area contributed by atoms with Crippen LogP contribution in [-0.2, 0) is 6.42 Å². The molecule has 0 amide bonds. The van der Waals surface area contributed by atoms with Crippen molar-refractivity contribution in [3.63, 3.8) is 0 Å². The van der Waals surface area contributed by atoms with Gasteiger partial charge in [-0.05, 0) is 54.2 Å². The van der Waals surface area contributed by atoms with Gasteiger partial charge in [-0.2, -0.15) is 0 Å². The van der Waals surface area contributed by atoms with Gasteiger partial charge in [-0.3, -0.25) is 0 Å². The number of fused-ring (bicyclic) bond motifs is 1. The molecule has 1 aliphatic carbocycles. The molecule has 86 valence electrons. The van der Waals surface area contributed by atoms with Gasteiger partial charge in [0.15, 0.2) is 0 Å². The maximum Gasteiger partial charge on any atom is 0.123 e. The van der Waals surface area contributed by atoms with E-state index in [9.17, 15) is 4.39 Å². The minimum Gasteiger partial charge on any atom is -0.351 e. The number of benzene rings is 1. The lowest BCUT2D eigenvalue weighted by atomic mass is 9.87. The van der Waals surface area contributed by atoms with Gasteiger partial charge in [-0.1, -0.05) is 6.07 Å². The topological polar surface area (TPSA) is 28.7 Å². The van der Waals surface area contributed by atoms with Crippen LogP contribution in [0.2, 0.25) is 0 Å². The highest BCUT2D eigenvalue weighted by Gasteiger charge is 2.14. The summed E-state index contributed by atoms with van der Waals surface area (Å²) in [5.41, 5.74) is 4.45. The molecule has 0 atom stereocenters. The van der Waals surface area contributed by atoms with Gasteiger partial charge in [0, 0.05) is 6.20 Å². The van der Waals surface area contributed by atoms with Gasteiger partial charge in [0.1, 0.15) is 5.82 Å². The van der Waals surface area contributed by atoms with E-state index in [1.807, 2.05) is 12.3 Å². The Balaban J connectivity index is 2.05. The number of nitrogens with zero attached hydrogens (tertiary/aromatic N) is 1. The average Bonchev–Trinajstić information content (AvgIpc) is 2.82. The second kappa shape index (κ2) is 4.17. The maximum atomic E-state index is 13.2. The number of nitrogens with one attached hydrogen (secondary N) is 1. The summed E-state index contributed by atoms with van der Waals surface area (Å²) in [5, 5.41) is 0. The number of halogens is 1. The molecule has 0 fully saturated rings. The molecular formula is C14H13FN2. The van der Waals surface area contributed by atoms with Crippen LogP contribution in [-0.4, -0.2) is 9.97 Å². The van der Waals surface area contributed by atoms with E-state index in [1.54, 1.807) is 12.4 Å². The van der Waals surface area contributed by atoms with Crippen molar-refractivity contribution in [2.24, 2.45) is 0 Å². The fourth-order valence-electron chi connectivity index (χ4n) is 2.37. The summed E-state index contributed by atoms with van der Waals surface area (Å²) >= 11 is 0. The summed E-state index contributed by atoms with van der Waals surface area (Å²) in [6.45, 7) is 0. The predicted octanol–water partition coefficient (Wildman–Crippen LogP) is 3.43. The number of aryl methyl sites for hydroxylation is 1. The molecule has 1 aromatic carbocycles. The van der Waals surface area contributed by atoms with E-state index in [1.165, 1.54) is 17.2 Å². The molecule has 0 radical (unpaired) electrons. The number of allylic oxidation sites excluding steroid dienone is 1. The zero-order valence-corrected chi connectivity index (χ0v) is 9.41. The monoisotopic (exact) mass is 228 g/mol. The largest absolute Gasteiger partial charge is 0.351 e. The summed E-state index contributed by atoms with van der Waals surface area (Å²) in [6.07, 6.45) is 8.68. The van der Waals surface area contributed by atoms with E-state index in [-0.39, 0.29) is 5.82 Å². The van der Waals surface area contributed by atoms with E-state index in [4.69, 9.17) is 0 Å². The number of aromatic amines is 1. The number of H-pyrrole nitrogens is 1. The van der Waals surface area contributed by atoms with Crippen LogP contribution in [0.1, 0.15) is 29.7 Å². The molecule has 0 bridgehead atoms. The van der Waals surface area contributed by atoms with E-state index in [0.29, 0.717) is 0 Å². The van der Waals surface area contributed by atoms with Crippen LogP contribution in [0.5, 0.6) is 0 Å². The summed E-state index contributed by atoms with van der Waals surface area (Å²) in [6, 6.07) is 5.05. The van der Waals surface area contributed by atoms with Crippen LogP contribution in [0, 0.1) is 5.82 Å². The predicted molar refractivity (Wildman–Crippen MR) is 65.8 cm³/mol. The molecule has 17 heavy (non-hydrogen) atoms. The van der Waals surface area contributed by atoms with Crippen molar-refractivity contribution >= 4 is 11.6 Å². The highest BCUT2D eigenvalue weighted by molar-refractivity contribution is 5.82. The highest BCUT2D eigenvalue weighted by atomic mass is 19.1. The summed E-state index contributed by atoms with van der Waals surface area (Å²) in [4.78, 5) is 7.13. The van der Waals surface area contributed by atoms with Crippen molar-refractivity contribution < 1.29 is 4.39 Å². The van der Waals surface area contributed by atoms with Crippen LogP contribution >= 0.6 is 0 Å². The van der Waals surface area contributed by atoms with Gasteiger partial charge < -0.3 is 4.98 Å². The number of imidazole rings is 1. The highest BCUT2D eigenvalue weighted by Crippen LogP contribution is 2.32. The van der Waals surface area contributed by atoms with E-state index >= 15 is 0 Å². The molecule has 1 N–H and O–H groups in total. The van der Waals surface area contributed by atoms with Crippen molar-refractivity contribution in [1.82, 2.24) is 9.97 Å². The Morgan fingerprint density at radius 3 is 3.06 bits per heavy atom. The summed E-state index contributed by atoms with van der Waals surface area (Å²) < 4.78 is 13.2. The van der Waals surface area contributed by atoms with Crippen molar-refractivity contribution in [1.29, 1.82) is 0 Å². The minimum atomic E-state index is -0.148.